The van der Waals surface area contributed by atoms with Gasteiger partial charge in [0.05, 0.1) is 30.1 Å². The molecule has 3 aromatic rings. The van der Waals surface area contributed by atoms with Crippen molar-refractivity contribution in [3.63, 3.8) is 0 Å². The average molecular weight is 515 g/mol. The molecule has 8 heteroatoms. The second kappa shape index (κ2) is 10.2. The zero-order valence-corrected chi connectivity index (χ0v) is 22.7. The van der Waals surface area contributed by atoms with E-state index in [4.69, 9.17) is 14.5 Å². The molecule has 0 radical (unpaired) electrons. The highest BCUT2D eigenvalue weighted by atomic mass is 32.2. The molecule has 0 bridgehead atoms. The van der Waals surface area contributed by atoms with Gasteiger partial charge in [-0.1, -0.05) is 32.9 Å². The van der Waals surface area contributed by atoms with Crippen LogP contribution in [-0.4, -0.2) is 46.0 Å². The zero-order valence-electron chi connectivity index (χ0n) is 21.1. The van der Waals surface area contributed by atoms with Crippen LogP contribution in [0.25, 0.3) is 0 Å². The number of piperidine rings is 1. The van der Waals surface area contributed by atoms with Crippen LogP contribution in [-0.2, 0) is 21.7 Å². The Kier molecular flexibility index (Phi) is 7.43. The van der Waals surface area contributed by atoms with Crippen molar-refractivity contribution in [1.82, 2.24) is 4.98 Å². The lowest BCUT2D eigenvalue weighted by atomic mass is 9.87. The normalized spacial score (nSPS) is 15.3. The zero-order chi connectivity index (χ0) is 25.2. The van der Waals surface area contributed by atoms with E-state index >= 15 is 0 Å². The number of sulfone groups is 1. The van der Waals surface area contributed by atoms with Gasteiger partial charge < -0.3 is 14.4 Å². The Hall–Kier alpha value is -2.58. The third-order valence-corrected chi connectivity index (χ3v) is 9.83. The molecule has 0 aliphatic carbocycles. The Morgan fingerprint density at radius 3 is 2.31 bits per heavy atom. The van der Waals surface area contributed by atoms with Gasteiger partial charge in [0, 0.05) is 30.5 Å². The molecule has 0 amide bonds. The van der Waals surface area contributed by atoms with Crippen LogP contribution in [0.15, 0.2) is 52.7 Å². The summed E-state index contributed by atoms with van der Waals surface area (Å²) in [5.74, 6) is 1.59. The molecule has 188 valence electrons. The van der Waals surface area contributed by atoms with E-state index in [0.29, 0.717) is 37.2 Å². The first kappa shape index (κ1) is 25.5. The predicted molar refractivity (Wildman–Crippen MR) is 142 cm³/mol. The van der Waals surface area contributed by atoms with E-state index in [0.717, 1.165) is 33.5 Å². The molecule has 0 unspecified atom stereocenters. The Bertz CT molecular complexity index is 1250. The summed E-state index contributed by atoms with van der Waals surface area (Å²) >= 11 is 1.60. The number of hydrogen-bond acceptors (Lipinski definition) is 7. The molecule has 6 nitrogen and oxygen atoms in total. The number of nitrogens with zero attached hydrogens (tertiary/aromatic N) is 2. The standard InChI is InChI=1S/C27H34N2O4S2/c1-27(2,3)20-6-9-23(10-7-20)35(30,31)24-12-14-29(15-13-24)26-28-21(18-34-26)16-19-17-22(32-4)8-11-25(19)33-5/h6-11,17-18,24H,12-16H2,1-5H3. The van der Waals surface area contributed by atoms with Gasteiger partial charge >= 0.3 is 0 Å². The predicted octanol–water partition coefficient (Wildman–Crippen LogP) is 5.49. The van der Waals surface area contributed by atoms with Crippen molar-refractivity contribution in [2.75, 3.05) is 32.2 Å². The lowest BCUT2D eigenvalue weighted by molar-refractivity contribution is 0.399. The van der Waals surface area contributed by atoms with Crippen LogP contribution in [0, 0.1) is 0 Å². The number of aromatic nitrogens is 1. The molecule has 1 aliphatic heterocycles. The summed E-state index contributed by atoms with van der Waals surface area (Å²) in [7, 11) is -0.0374. The number of methoxy groups -OCH3 is 2. The topological polar surface area (TPSA) is 68.7 Å². The quantitative estimate of drug-likeness (QED) is 0.415. The first-order valence-corrected chi connectivity index (χ1v) is 14.3. The van der Waals surface area contributed by atoms with Crippen molar-refractivity contribution in [2.24, 2.45) is 0 Å². The molecule has 35 heavy (non-hydrogen) atoms. The van der Waals surface area contributed by atoms with E-state index < -0.39 is 9.84 Å². The van der Waals surface area contributed by atoms with Crippen molar-refractivity contribution in [2.45, 2.75) is 55.6 Å². The maximum atomic E-state index is 13.3. The third-order valence-electron chi connectivity index (χ3n) is 6.60. The number of ether oxygens (including phenoxy) is 2. The third kappa shape index (κ3) is 5.64. The van der Waals surface area contributed by atoms with Crippen LogP contribution >= 0.6 is 11.3 Å². The van der Waals surface area contributed by atoms with Gasteiger partial charge in [-0.25, -0.2) is 13.4 Å². The minimum atomic E-state index is -3.35. The van der Waals surface area contributed by atoms with Gasteiger partial charge in [0.15, 0.2) is 15.0 Å². The SMILES string of the molecule is COc1ccc(OC)c(Cc2csc(N3CCC(S(=O)(=O)c4ccc(C(C)(C)C)cc4)CC3)n2)c1. The Labute approximate surface area is 212 Å². The molecular formula is C27H34N2O4S2. The summed E-state index contributed by atoms with van der Waals surface area (Å²) in [6.07, 6.45) is 1.84. The first-order chi connectivity index (χ1) is 16.6. The summed E-state index contributed by atoms with van der Waals surface area (Å²) in [5.41, 5.74) is 3.12. The lowest BCUT2D eigenvalue weighted by Crippen LogP contribution is -2.39. The monoisotopic (exact) mass is 514 g/mol. The highest BCUT2D eigenvalue weighted by Gasteiger charge is 2.32. The minimum absolute atomic E-state index is 0.00208. The molecule has 0 saturated carbocycles. The van der Waals surface area contributed by atoms with Crippen LogP contribution in [0.5, 0.6) is 11.5 Å². The van der Waals surface area contributed by atoms with E-state index in [1.165, 1.54) is 0 Å². The maximum Gasteiger partial charge on any atom is 0.185 e. The van der Waals surface area contributed by atoms with Gasteiger partial charge in [-0.05, 0) is 54.2 Å². The molecule has 0 N–H and O–H groups in total. The smallest absolute Gasteiger partial charge is 0.185 e. The fourth-order valence-corrected chi connectivity index (χ4v) is 7.04. The van der Waals surface area contributed by atoms with Crippen LogP contribution in [0.1, 0.15) is 50.4 Å². The molecule has 0 atom stereocenters. The summed E-state index contributed by atoms with van der Waals surface area (Å²) < 4.78 is 37.4. The fraction of sp³-hybridized carbons (Fsp3) is 0.444. The van der Waals surface area contributed by atoms with Crippen LogP contribution in [0.3, 0.4) is 0 Å². The molecule has 1 fully saturated rings. The summed E-state index contributed by atoms with van der Waals surface area (Å²) in [6.45, 7) is 7.75. The van der Waals surface area contributed by atoms with Gasteiger partial charge in [0.1, 0.15) is 11.5 Å². The number of thiazole rings is 1. The van der Waals surface area contributed by atoms with Gasteiger partial charge in [-0.2, -0.15) is 0 Å². The van der Waals surface area contributed by atoms with E-state index in [-0.39, 0.29) is 10.7 Å². The lowest BCUT2D eigenvalue weighted by Gasteiger charge is -2.31. The second-order valence-corrected chi connectivity index (χ2v) is 13.0. The van der Waals surface area contributed by atoms with Crippen molar-refractivity contribution in [1.29, 1.82) is 0 Å². The second-order valence-electron chi connectivity index (χ2n) is 9.98. The van der Waals surface area contributed by atoms with E-state index in [2.05, 4.69) is 31.1 Å². The molecule has 1 aromatic heterocycles. The molecular weight excluding hydrogens is 480 g/mol. The van der Waals surface area contributed by atoms with Gasteiger partial charge in [0.25, 0.3) is 0 Å². The minimum Gasteiger partial charge on any atom is -0.497 e. The van der Waals surface area contributed by atoms with E-state index in [9.17, 15) is 8.42 Å². The molecule has 0 spiro atoms. The largest absolute Gasteiger partial charge is 0.497 e. The number of hydrogen-bond donors (Lipinski definition) is 0. The van der Waals surface area contributed by atoms with Gasteiger partial charge in [-0.3, -0.25) is 0 Å². The highest BCUT2D eigenvalue weighted by Crippen LogP contribution is 2.32. The van der Waals surface area contributed by atoms with Gasteiger partial charge in [-0.15, -0.1) is 11.3 Å². The summed E-state index contributed by atoms with van der Waals surface area (Å²) in [6, 6.07) is 13.2. The molecule has 4 rings (SSSR count). The van der Waals surface area contributed by atoms with Crippen molar-refractivity contribution < 1.29 is 17.9 Å². The Balaban J connectivity index is 1.41. The van der Waals surface area contributed by atoms with Crippen molar-refractivity contribution in [3.8, 4) is 11.5 Å². The number of anilines is 1. The van der Waals surface area contributed by atoms with E-state index in [1.807, 2.05) is 30.3 Å². The summed E-state index contributed by atoms with van der Waals surface area (Å²) in [4.78, 5) is 7.46. The summed E-state index contributed by atoms with van der Waals surface area (Å²) in [5, 5.41) is 2.64. The molecule has 1 saturated heterocycles. The van der Waals surface area contributed by atoms with Crippen LogP contribution < -0.4 is 14.4 Å². The van der Waals surface area contributed by atoms with Crippen LogP contribution in [0.4, 0.5) is 5.13 Å². The fourth-order valence-electron chi connectivity index (χ4n) is 4.43. The van der Waals surface area contributed by atoms with E-state index in [1.54, 1.807) is 37.7 Å². The first-order valence-electron chi connectivity index (χ1n) is 11.9. The number of benzene rings is 2. The molecule has 2 aromatic carbocycles. The Morgan fingerprint density at radius 1 is 1.03 bits per heavy atom. The van der Waals surface area contributed by atoms with Crippen molar-refractivity contribution >= 4 is 26.3 Å². The Morgan fingerprint density at radius 2 is 1.71 bits per heavy atom. The molecule has 1 aliphatic rings. The molecule has 2 heterocycles. The van der Waals surface area contributed by atoms with Crippen LogP contribution in [0.2, 0.25) is 0 Å². The maximum absolute atomic E-state index is 13.3. The van der Waals surface area contributed by atoms with Gasteiger partial charge in [0.2, 0.25) is 0 Å². The number of rotatable bonds is 7. The average Bonchev–Trinajstić information content (AvgIpc) is 3.32. The highest BCUT2D eigenvalue weighted by molar-refractivity contribution is 7.92. The van der Waals surface area contributed by atoms with Crippen molar-refractivity contribution in [3.05, 3.63) is 64.7 Å².